The predicted molar refractivity (Wildman–Crippen MR) is 58.1 cm³/mol. The highest BCUT2D eigenvalue weighted by atomic mass is 32.1. The van der Waals surface area contributed by atoms with Crippen molar-refractivity contribution in [3.8, 4) is 0 Å². The third-order valence-electron chi connectivity index (χ3n) is 1.78. The summed E-state index contributed by atoms with van der Waals surface area (Å²) in [5, 5.41) is 4.45. The Hall–Kier alpha value is -0.670. The molecule has 3 heteroatoms. The van der Waals surface area contributed by atoms with Crippen LogP contribution in [-0.4, -0.2) is 11.5 Å². The molecule has 1 N–H and O–H groups in total. The van der Waals surface area contributed by atoms with E-state index in [0.29, 0.717) is 0 Å². The van der Waals surface area contributed by atoms with E-state index in [9.17, 15) is 0 Å². The van der Waals surface area contributed by atoms with E-state index >= 15 is 0 Å². The van der Waals surface area contributed by atoms with Gasteiger partial charge in [0.05, 0.1) is 5.69 Å². The maximum atomic E-state index is 4.43. The molecule has 0 saturated carbocycles. The second-order valence-electron chi connectivity index (χ2n) is 3.31. The Labute approximate surface area is 83.7 Å². The van der Waals surface area contributed by atoms with Crippen LogP contribution < -0.4 is 5.32 Å². The molecule has 0 atom stereocenters. The van der Waals surface area contributed by atoms with Gasteiger partial charge in [-0.05, 0) is 20.8 Å². The molecule has 0 aromatic carbocycles. The highest BCUT2D eigenvalue weighted by Crippen LogP contribution is 2.15. The number of aryl methyl sites for hydroxylation is 2. The summed E-state index contributed by atoms with van der Waals surface area (Å²) in [5.41, 5.74) is 2.31. The number of hydrogen-bond donors (Lipinski definition) is 1. The lowest BCUT2D eigenvalue weighted by Crippen LogP contribution is -2.14. The first-order valence-corrected chi connectivity index (χ1v) is 5.19. The van der Waals surface area contributed by atoms with Gasteiger partial charge in [-0.3, -0.25) is 0 Å². The molecule has 0 aliphatic carbocycles. The zero-order valence-corrected chi connectivity index (χ0v) is 9.29. The van der Waals surface area contributed by atoms with Gasteiger partial charge in [0.2, 0.25) is 0 Å². The van der Waals surface area contributed by atoms with Gasteiger partial charge in [-0.25, -0.2) is 4.98 Å². The summed E-state index contributed by atoms with van der Waals surface area (Å²) in [5.74, 6) is 0. The van der Waals surface area contributed by atoms with E-state index in [1.165, 1.54) is 4.88 Å². The lowest BCUT2D eigenvalue weighted by molar-refractivity contribution is 0.735. The number of hydrogen-bond acceptors (Lipinski definition) is 3. The van der Waals surface area contributed by atoms with Gasteiger partial charge in [0, 0.05) is 18.0 Å². The summed E-state index contributed by atoms with van der Waals surface area (Å²) >= 11 is 1.76. The van der Waals surface area contributed by atoms with Crippen LogP contribution in [0.1, 0.15) is 22.5 Å². The fourth-order valence-corrected chi connectivity index (χ4v) is 1.90. The highest BCUT2D eigenvalue weighted by Gasteiger charge is 2.01. The van der Waals surface area contributed by atoms with Gasteiger partial charge in [0.1, 0.15) is 5.01 Å². The zero-order chi connectivity index (χ0) is 9.84. The first-order valence-electron chi connectivity index (χ1n) is 4.37. The summed E-state index contributed by atoms with van der Waals surface area (Å²) in [6.45, 7) is 11.7. The molecule has 0 aliphatic rings. The number of aromatic nitrogens is 1. The van der Waals surface area contributed by atoms with Crippen LogP contribution in [0.25, 0.3) is 0 Å². The SMILES string of the molecule is C=C(C)CNCc1nc(C)c(C)s1. The fraction of sp³-hybridized carbons (Fsp3) is 0.500. The Kier molecular flexibility index (Phi) is 3.63. The van der Waals surface area contributed by atoms with Crippen LogP contribution in [0.15, 0.2) is 12.2 Å². The summed E-state index contributed by atoms with van der Waals surface area (Å²) in [4.78, 5) is 5.75. The van der Waals surface area contributed by atoms with Crippen molar-refractivity contribution in [3.05, 3.63) is 27.7 Å². The third kappa shape index (κ3) is 3.28. The molecule has 1 rings (SSSR count). The Bertz CT molecular complexity index is 282. The maximum absolute atomic E-state index is 4.43. The van der Waals surface area contributed by atoms with Crippen LogP contribution >= 0.6 is 11.3 Å². The van der Waals surface area contributed by atoms with E-state index in [1.807, 2.05) is 13.8 Å². The highest BCUT2D eigenvalue weighted by molar-refractivity contribution is 7.11. The molecule has 0 amide bonds. The molecule has 2 nitrogen and oxygen atoms in total. The van der Waals surface area contributed by atoms with Crippen molar-refractivity contribution in [2.24, 2.45) is 0 Å². The molecule has 72 valence electrons. The van der Waals surface area contributed by atoms with Crippen molar-refractivity contribution >= 4 is 11.3 Å². The minimum Gasteiger partial charge on any atom is -0.307 e. The first kappa shape index (κ1) is 10.4. The van der Waals surface area contributed by atoms with Gasteiger partial charge < -0.3 is 5.32 Å². The second-order valence-corrected chi connectivity index (χ2v) is 4.60. The molecule has 0 bridgehead atoms. The van der Waals surface area contributed by atoms with E-state index in [-0.39, 0.29) is 0 Å². The van der Waals surface area contributed by atoms with Crippen molar-refractivity contribution < 1.29 is 0 Å². The Morgan fingerprint density at radius 3 is 2.69 bits per heavy atom. The van der Waals surface area contributed by atoms with Crippen molar-refractivity contribution in [1.29, 1.82) is 0 Å². The summed E-state index contributed by atoms with van der Waals surface area (Å²) in [6.07, 6.45) is 0. The molecule has 0 saturated heterocycles. The van der Waals surface area contributed by atoms with Gasteiger partial charge in [-0.2, -0.15) is 0 Å². The molecule has 0 fully saturated rings. The van der Waals surface area contributed by atoms with E-state index < -0.39 is 0 Å². The van der Waals surface area contributed by atoms with Crippen molar-refractivity contribution in [2.45, 2.75) is 27.3 Å². The summed E-state index contributed by atoms with van der Waals surface area (Å²) in [7, 11) is 0. The number of rotatable bonds is 4. The van der Waals surface area contributed by atoms with E-state index in [1.54, 1.807) is 11.3 Å². The average molecular weight is 196 g/mol. The topological polar surface area (TPSA) is 24.9 Å². The molecular formula is C10H16N2S. The van der Waals surface area contributed by atoms with Crippen molar-refractivity contribution in [1.82, 2.24) is 10.3 Å². The lowest BCUT2D eigenvalue weighted by atomic mass is 10.3. The van der Waals surface area contributed by atoms with Crippen molar-refractivity contribution in [3.63, 3.8) is 0 Å². The fourth-order valence-electron chi connectivity index (χ4n) is 0.998. The van der Waals surface area contributed by atoms with Crippen LogP contribution in [0.3, 0.4) is 0 Å². The van der Waals surface area contributed by atoms with Crippen LogP contribution in [0.2, 0.25) is 0 Å². The smallest absolute Gasteiger partial charge is 0.107 e. The Morgan fingerprint density at radius 2 is 2.23 bits per heavy atom. The van der Waals surface area contributed by atoms with Gasteiger partial charge in [0.15, 0.2) is 0 Å². The average Bonchev–Trinajstić information content (AvgIpc) is 2.30. The largest absolute Gasteiger partial charge is 0.307 e. The summed E-state index contributed by atoms with van der Waals surface area (Å²) in [6, 6.07) is 0. The van der Waals surface area contributed by atoms with Crippen LogP contribution in [0.5, 0.6) is 0 Å². The Balaban J connectivity index is 2.41. The van der Waals surface area contributed by atoms with Crippen LogP contribution in [0, 0.1) is 13.8 Å². The molecule has 0 aliphatic heterocycles. The predicted octanol–water partition coefficient (Wildman–Crippen LogP) is 2.43. The zero-order valence-electron chi connectivity index (χ0n) is 8.48. The van der Waals surface area contributed by atoms with Crippen LogP contribution in [0.4, 0.5) is 0 Å². The van der Waals surface area contributed by atoms with E-state index in [2.05, 4.69) is 23.8 Å². The molecule has 13 heavy (non-hydrogen) atoms. The quantitative estimate of drug-likeness (QED) is 0.748. The molecule has 0 spiro atoms. The van der Waals surface area contributed by atoms with Gasteiger partial charge in [-0.15, -0.1) is 11.3 Å². The normalized spacial score (nSPS) is 10.4. The number of thiazole rings is 1. The molecule has 1 aromatic rings. The van der Waals surface area contributed by atoms with E-state index in [0.717, 1.165) is 29.4 Å². The summed E-state index contributed by atoms with van der Waals surface area (Å²) < 4.78 is 0. The standard InChI is InChI=1S/C10H16N2S/c1-7(2)5-11-6-10-12-8(3)9(4)13-10/h11H,1,5-6H2,2-4H3. The van der Waals surface area contributed by atoms with E-state index in [4.69, 9.17) is 0 Å². The monoisotopic (exact) mass is 196 g/mol. The lowest BCUT2D eigenvalue weighted by Gasteiger charge is -1.99. The molecule has 1 heterocycles. The number of nitrogens with one attached hydrogen (secondary N) is 1. The molecule has 1 aromatic heterocycles. The maximum Gasteiger partial charge on any atom is 0.107 e. The van der Waals surface area contributed by atoms with Gasteiger partial charge >= 0.3 is 0 Å². The van der Waals surface area contributed by atoms with Crippen molar-refractivity contribution in [2.75, 3.05) is 6.54 Å². The minimum absolute atomic E-state index is 0.853. The second kappa shape index (κ2) is 4.53. The Morgan fingerprint density at radius 1 is 1.54 bits per heavy atom. The molecule has 0 unspecified atom stereocenters. The third-order valence-corrected chi connectivity index (χ3v) is 2.85. The van der Waals surface area contributed by atoms with Gasteiger partial charge in [-0.1, -0.05) is 12.2 Å². The minimum atomic E-state index is 0.853. The van der Waals surface area contributed by atoms with Gasteiger partial charge in [0.25, 0.3) is 0 Å². The van der Waals surface area contributed by atoms with Crippen LogP contribution in [-0.2, 0) is 6.54 Å². The molecular weight excluding hydrogens is 180 g/mol. The first-order chi connectivity index (χ1) is 6.09. The molecule has 0 radical (unpaired) electrons. The number of nitrogens with zero attached hydrogens (tertiary/aromatic N) is 1.